The van der Waals surface area contributed by atoms with Gasteiger partial charge in [-0.15, -0.1) is 0 Å². The smallest absolute Gasteiger partial charge is 0.247 e. The van der Waals surface area contributed by atoms with Crippen LogP contribution in [0.1, 0.15) is 42.3 Å². The van der Waals surface area contributed by atoms with Gasteiger partial charge in [0.05, 0.1) is 23.6 Å². The Bertz CT molecular complexity index is 777. The molecule has 1 N–H and O–H groups in total. The van der Waals surface area contributed by atoms with Gasteiger partial charge < -0.3 is 0 Å². The molecule has 0 bridgehead atoms. The van der Waals surface area contributed by atoms with Crippen LogP contribution in [0.4, 0.5) is 0 Å². The maximum atomic E-state index is 13.1. The summed E-state index contributed by atoms with van der Waals surface area (Å²) >= 11 is 0. The van der Waals surface area contributed by atoms with Crippen LogP contribution in [-0.2, 0) is 17.1 Å². The van der Waals surface area contributed by atoms with Crippen LogP contribution in [0.5, 0.6) is 0 Å². The van der Waals surface area contributed by atoms with Crippen LogP contribution < -0.4 is 0 Å². The molecule has 1 atom stereocenters. The van der Waals surface area contributed by atoms with Gasteiger partial charge in [-0.05, 0) is 32.3 Å². The van der Waals surface area contributed by atoms with Gasteiger partial charge in [0.15, 0.2) is 0 Å². The third-order valence-corrected chi connectivity index (χ3v) is 6.22. The van der Waals surface area contributed by atoms with Crippen molar-refractivity contribution in [2.45, 2.75) is 44.0 Å². The Labute approximate surface area is 130 Å². The lowest BCUT2D eigenvalue weighted by atomic mass is 10.00. The standard InChI is InChI=1S/C14H21N5O2S/c1-10-8-15-16-14(10)12-6-4-5-7-19(12)22(20,21)13-9-18(3)17-11(13)2/h8-9,12H,4-7H2,1-3H3,(H,15,16)/t12-/m0/s1. The van der Waals surface area contributed by atoms with Crippen LogP contribution in [0, 0.1) is 13.8 Å². The zero-order valence-electron chi connectivity index (χ0n) is 13.1. The molecule has 0 aromatic carbocycles. The van der Waals surface area contributed by atoms with E-state index in [2.05, 4.69) is 15.3 Å². The van der Waals surface area contributed by atoms with E-state index >= 15 is 0 Å². The number of H-pyrrole nitrogens is 1. The summed E-state index contributed by atoms with van der Waals surface area (Å²) < 4.78 is 29.3. The lowest BCUT2D eigenvalue weighted by molar-refractivity contribution is 0.250. The Kier molecular flexibility index (Phi) is 3.82. The monoisotopic (exact) mass is 323 g/mol. The predicted octanol–water partition coefficient (Wildman–Crippen LogP) is 1.68. The Balaban J connectivity index is 2.04. The summed E-state index contributed by atoms with van der Waals surface area (Å²) in [5.74, 6) is 0. The topological polar surface area (TPSA) is 83.9 Å². The zero-order chi connectivity index (χ0) is 15.9. The molecule has 0 unspecified atom stereocenters. The van der Waals surface area contributed by atoms with Crippen molar-refractivity contribution in [3.63, 3.8) is 0 Å². The average molecular weight is 323 g/mol. The number of nitrogens with one attached hydrogen (secondary N) is 1. The number of hydrogen-bond donors (Lipinski definition) is 1. The Morgan fingerprint density at radius 1 is 1.32 bits per heavy atom. The maximum absolute atomic E-state index is 13.1. The molecule has 1 aliphatic heterocycles. The van der Waals surface area contributed by atoms with Crippen molar-refractivity contribution in [1.29, 1.82) is 0 Å². The fraction of sp³-hybridized carbons (Fsp3) is 0.571. The largest absolute Gasteiger partial charge is 0.281 e. The first kappa shape index (κ1) is 15.2. The number of sulfonamides is 1. The first-order valence-electron chi connectivity index (χ1n) is 7.43. The molecule has 1 saturated heterocycles. The lowest BCUT2D eigenvalue weighted by Gasteiger charge is -2.34. The average Bonchev–Trinajstić information content (AvgIpc) is 3.04. The molecule has 3 heterocycles. The van der Waals surface area contributed by atoms with Gasteiger partial charge in [-0.2, -0.15) is 14.5 Å². The summed E-state index contributed by atoms with van der Waals surface area (Å²) in [6, 6.07) is -0.180. The Hall–Kier alpha value is -1.67. The summed E-state index contributed by atoms with van der Waals surface area (Å²) in [7, 11) is -1.83. The number of aromatic amines is 1. The second kappa shape index (κ2) is 5.51. The van der Waals surface area contributed by atoms with Crippen molar-refractivity contribution < 1.29 is 8.42 Å². The number of hydrogen-bond acceptors (Lipinski definition) is 4. The first-order valence-corrected chi connectivity index (χ1v) is 8.87. The van der Waals surface area contributed by atoms with E-state index in [-0.39, 0.29) is 6.04 Å². The van der Waals surface area contributed by atoms with E-state index in [9.17, 15) is 8.42 Å². The van der Waals surface area contributed by atoms with Crippen LogP contribution in [0.25, 0.3) is 0 Å². The van der Waals surface area contributed by atoms with Crippen molar-refractivity contribution in [1.82, 2.24) is 24.3 Å². The van der Waals surface area contributed by atoms with Crippen LogP contribution >= 0.6 is 0 Å². The fourth-order valence-corrected chi connectivity index (χ4v) is 5.00. The second-order valence-corrected chi connectivity index (χ2v) is 7.71. The Morgan fingerprint density at radius 2 is 2.09 bits per heavy atom. The van der Waals surface area contributed by atoms with Crippen molar-refractivity contribution in [3.05, 3.63) is 29.3 Å². The summed E-state index contributed by atoms with van der Waals surface area (Å²) in [6.07, 6.45) is 6.02. The summed E-state index contributed by atoms with van der Waals surface area (Å²) in [6.45, 7) is 4.21. The third-order valence-electron chi connectivity index (χ3n) is 4.21. The normalized spacial score (nSPS) is 20.4. The number of rotatable bonds is 3. The van der Waals surface area contributed by atoms with Gasteiger partial charge >= 0.3 is 0 Å². The number of nitrogens with zero attached hydrogens (tertiary/aromatic N) is 4. The molecule has 1 fully saturated rings. The molecule has 0 amide bonds. The molecule has 1 aliphatic rings. The minimum absolute atomic E-state index is 0.180. The lowest BCUT2D eigenvalue weighted by Crippen LogP contribution is -2.39. The molecule has 0 aliphatic carbocycles. The van der Waals surface area contributed by atoms with Gasteiger partial charge in [-0.3, -0.25) is 9.78 Å². The van der Waals surface area contributed by atoms with Gasteiger partial charge in [0.1, 0.15) is 4.90 Å². The predicted molar refractivity (Wildman–Crippen MR) is 81.8 cm³/mol. The van der Waals surface area contributed by atoms with Gasteiger partial charge in [0, 0.05) is 19.8 Å². The summed E-state index contributed by atoms with van der Waals surface area (Å²) in [5, 5.41) is 11.2. The van der Waals surface area contributed by atoms with Crippen molar-refractivity contribution in [3.8, 4) is 0 Å². The highest BCUT2D eigenvalue weighted by molar-refractivity contribution is 7.89. The molecule has 0 saturated carbocycles. The fourth-order valence-electron chi connectivity index (χ4n) is 3.13. The highest BCUT2D eigenvalue weighted by Gasteiger charge is 2.37. The summed E-state index contributed by atoms with van der Waals surface area (Å²) in [4.78, 5) is 0.291. The van der Waals surface area contributed by atoms with Crippen molar-refractivity contribution in [2.75, 3.05) is 6.54 Å². The molecule has 22 heavy (non-hydrogen) atoms. The van der Waals surface area contributed by atoms with E-state index in [1.54, 1.807) is 35.4 Å². The molecule has 2 aromatic heterocycles. The molecule has 120 valence electrons. The van der Waals surface area contributed by atoms with E-state index in [1.165, 1.54) is 0 Å². The van der Waals surface area contributed by atoms with Gasteiger partial charge in [-0.1, -0.05) is 6.42 Å². The van der Waals surface area contributed by atoms with Crippen LogP contribution in [0.3, 0.4) is 0 Å². The molecule has 0 spiro atoms. The number of piperidine rings is 1. The van der Waals surface area contributed by atoms with Crippen molar-refractivity contribution >= 4 is 10.0 Å². The maximum Gasteiger partial charge on any atom is 0.247 e. The second-order valence-electron chi connectivity index (χ2n) is 5.85. The van der Waals surface area contributed by atoms with E-state index in [0.717, 1.165) is 30.5 Å². The molecular weight excluding hydrogens is 302 g/mol. The minimum atomic E-state index is -3.56. The summed E-state index contributed by atoms with van der Waals surface area (Å²) in [5.41, 5.74) is 2.42. The zero-order valence-corrected chi connectivity index (χ0v) is 13.9. The molecular formula is C14H21N5O2S. The van der Waals surface area contributed by atoms with E-state index in [4.69, 9.17) is 0 Å². The van der Waals surface area contributed by atoms with Crippen LogP contribution in [0.2, 0.25) is 0 Å². The highest BCUT2D eigenvalue weighted by atomic mass is 32.2. The van der Waals surface area contributed by atoms with Gasteiger partial charge in [-0.25, -0.2) is 8.42 Å². The van der Waals surface area contributed by atoms with Gasteiger partial charge in [0.2, 0.25) is 10.0 Å². The quantitative estimate of drug-likeness (QED) is 0.931. The number of aryl methyl sites for hydroxylation is 3. The van der Waals surface area contributed by atoms with E-state index in [1.807, 2.05) is 6.92 Å². The SMILES string of the molecule is Cc1cn[nH]c1[C@@H]1CCCCN1S(=O)(=O)c1cn(C)nc1C. The van der Waals surface area contributed by atoms with Crippen LogP contribution in [0.15, 0.2) is 17.3 Å². The Morgan fingerprint density at radius 3 is 2.68 bits per heavy atom. The van der Waals surface area contributed by atoms with Gasteiger partial charge in [0.25, 0.3) is 0 Å². The molecule has 8 heteroatoms. The highest BCUT2D eigenvalue weighted by Crippen LogP contribution is 2.36. The third kappa shape index (κ3) is 2.46. The van der Waals surface area contributed by atoms with Crippen molar-refractivity contribution in [2.24, 2.45) is 7.05 Å². The minimum Gasteiger partial charge on any atom is -0.281 e. The molecule has 7 nitrogen and oxygen atoms in total. The van der Waals surface area contributed by atoms with E-state index < -0.39 is 10.0 Å². The number of aromatic nitrogens is 4. The van der Waals surface area contributed by atoms with Crippen LogP contribution in [-0.4, -0.2) is 39.2 Å². The van der Waals surface area contributed by atoms with E-state index in [0.29, 0.717) is 17.1 Å². The molecule has 3 rings (SSSR count). The first-order chi connectivity index (χ1) is 10.4. The molecule has 2 aromatic rings. The molecule has 0 radical (unpaired) electrons.